The highest BCUT2D eigenvalue weighted by Crippen LogP contribution is 2.34. The Labute approximate surface area is 129 Å². The average Bonchev–Trinajstić information content (AvgIpc) is 3.11. The van der Waals surface area contributed by atoms with Crippen LogP contribution in [0, 0.1) is 5.41 Å². The smallest absolute Gasteiger partial charge is 0.317 e. The number of likely N-dealkylation sites (tertiary alicyclic amines) is 1. The zero-order chi connectivity index (χ0) is 15.5. The summed E-state index contributed by atoms with van der Waals surface area (Å²) in [5.74, 6) is -0.799. The molecule has 2 N–H and O–H groups in total. The number of thiophene rings is 1. The second-order valence-electron chi connectivity index (χ2n) is 5.49. The zero-order valence-corrected chi connectivity index (χ0v) is 13.3. The van der Waals surface area contributed by atoms with Crippen molar-refractivity contribution in [1.82, 2.24) is 10.2 Å². The van der Waals surface area contributed by atoms with Crippen LogP contribution in [0.15, 0.2) is 11.4 Å². The maximum Gasteiger partial charge on any atom is 0.317 e. The molecule has 1 aromatic heterocycles. The molecule has 0 aliphatic carbocycles. The van der Waals surface area contributed by atoms with Crippen molar-refractivity contribution in [3.8, 4) is 0 Å². The summed E-state index contributed by atoms with van der Waals surface area (Å²) in [6.07, 6.45) is 2.04. The number of nitrogens with zero attached hydrogens (tertiary/aromatic N) is 1. The highest BCUT2D eigenvalue weighted by Gasteiger charge is 2.44. The predicted octanol–water partition coefficient (Wildman–Crippen LogP) is 2.71. The van der Waals surface area contributed by atoms with Gasteiger partial charge in [0.15, 0.2) is 0 Å². The molecule has 116 valence electrons. The lowest BCUT2D eigenvalue weighted by Gasteiger charge is -2.23. The summed E-state index contributed by atoms with van der Waals surface area (Å²) in [4.78, 5) is 26.4. The summed E-state index contributed by atoms with van der Waals surface area (Å²) >= 11 is 1.64. The van der Waals surface area contributed by atoms with E-state index in [4.69, 9.17) is 0 Å². The molecule has 21 heavy (non-hydrogen) atoms. The van der Waals surface area contributed by atoms with Gasteiger partial charge in [-0.1, -0.05) is 13.8 Å². The van der Waals surface area contributed by atoms with E-state index in [1.165, 1.54) is 10.4 Å². The molecule has 1 saturated heterocycles. The lowest BCUT2D eigenvalue weighted by molar-refractivity contribution is -0.148. The Balaban J connectivity index is 1.92. The SMILES string of the molecule is CCc1ccsc1CNC(=O)N1CCC(CC)(C(=O)O)C1. The number of aryl methyl sites for hydroxylation is 1. The molecule has 2 amide bonds. The molecule has 0 bridgehead atoms. The van der Waals surface area contributed by atoms with Crippen molar-refractivity contribution in [1.29, 1.82) is 0 Å². The highest BCUT2D eigenvalue weighted by molar-refractivity contribution is 7.10. The van der Waals surface area contributed by atoms with E-state index in [-0.39, 0.29) is 6.03 Å². The molecular weight excluding hydrogens is 288 g/mol. The van der Waals surface area contributed by atoms with Gasteiger partial charge in [-0.15, -0.1) is 11.3 Å². The molecule has 2 heterocycles. The fourth-order valence-electron chi connectivity index (χ4n) is 2.76. The van der Waals surface area contributed by atoms with Gasteiger partial charge in [-0.2, -0.15) is 0 Å². The maximum absolute atomic E-state index is 12.2. The van der Waals surface area contributed by atoms with Gasteiger partial charge in [0.25, 0.3) is 0 Å². The fraction of sp³-hybridized carbons (Fsp3) is 0.600. The van der Waals surface area contributed by atoms with Gasteiger partial charge in [-0.3, -0.25) is 4.79 Å². The first kappa shape index (κ1) is 15.8. The number of carboxylic acid groups (broad SMARTS) is 1. The van der Waals surface area contributed by atoms with Crippen molar-refractivity contribution in [2.24, 2.45) is 5.41 Å². The molecule has 6 heteroatoms. The number of carbonyl (C=O) groups excluding carboxylic acids is 1. The number of urea groups is 1. The molecule has 1 aromatic rings. The van der Waals surface area contributed by atoms with Crippen LogP contribution in [0.4, 0.5) is 4.79 Å². The van der Waals surface area contributed by atoms with Gasteiger partial charge < -0.3 is 15.3 Å². The Morgan fingerprint density at radius 3 is 2.81 bits per heavy atom. The molecule has 1 aliphatic heterocycles. The second-order valence-corrected chi connectivity index (χ2v) is 6.49. The number of nitrogens with one attached hydrogen (secondary N) is 1. The summed E-state index contributed by atoms with van der Waals surface area (Å²) in [6.45, 7) is 5.29. The number of aliphatic carboxylic acids is 1. The second kappa shape index (κ2) is 6.47. The highest BCUT2D eigenvalue weighted by atomic mass is 32.1. The Hall–Kier alpha value is -1.56. The fourth-order valence-corrected chi connectivity index (χ4v) is 3.68. The number of carbonyl (C=O) groups is 2. The third-order valence-electron chi connectivity index (χ3n) is 4.39. The largest absolute Gasteiger partial charge is 0.481 e. The van der Waals surface area contributed by atoms with Crippen LogP contribution in [0.1, 0.15) is 37.1 Å². The molecule has 1 unspecified atom stereocenters. The number of hydrogen-bond donors (Lipinski definition) is 2. The Morgan fingerprint density at radius 2 is 2.24 bits per heavy atom. The Morgan fingerprint density at radius 1 is 1.48 bits per heavy atom. The maximum atomic E-state index is 12.2. The molecule has 0 aromatic carbocycles. The first-order valence-corrected chi connectivity index (χ1v) is 8.21. The van der Waals surface area contributed by atoms with Gasteiger partial charge in [-0.05, 0) is 36.3 Å². The summed E-state index contributed by atoms with van der Waals surface area (Å²) in [7, 11) is 0. The minimum Gasteiger partial charge on any atom is -0.481 e. The van der Waals surface area contributed by atoms with Crippen molar-refractivity contribution in [3.05, 3.63) is 21.9 Å². The third-order valence-corrected chi connectivity index (χ3v) is 5.35. The van der Waals surface area contributed by atoms with Crippen LogP contribution in [-0.4, -0.2) is 35.1 Å². The number of amides is 2. The number of carboxylic acids is 1. The first-order chi connectivity index (χ1) is 10.0. The Bertz CT molecular complexity index is 529. The monoisotopic (exact) mass is 310 g/mol. The van der Waals surface area contributed by atoms with Gasteiger partial charge in [0.05, 0.1) is 12.0 Å². The average molecular weight is 310 g/mol. The van der Waals surface area contributed by atoms with E-state index in [1.807, 2.05) is 12.3 Å². The lowest BCUT2D eigenvalue weighted by atomic mass is 9.84. The van der Waals surface area contributed by atoms with E-state index in [2.05, 4.69) is 18.3 Å². The molecule has 0 radical (unpaired) electrons. The molecule has 0 saturated carbocycles. The zero-order valence-electron chi connectivity index (χ0n) is 12.5. The van der Waals surface area contributed by atoms with Crippen LogP contribution < -0.4 is 5.32 Å². The van der Waals surface area contributed by atoms with Gasteiger partial charge >= 0.3 is 12.0 Å². The summed E-state index contributed by atoms with van der Waals surface area (Å²) < 4.78 is 0. The van der Waals surface area contributed by atoms with E-state index < -0.39 is 11.4 Å². The minimum atomic E-state index is -0.799. The van der Waals surface area contributed by atoms with Gasteiger partial charge in [0.1, 0.15) is 0 Å². The molecule has 1 fully saturated rings. The quantitative estimate of drug-likeness (QED) is 0.878. The van der Waals surface area contributed by atoms with Crippen LogP contribution in [0.3, 0.4) is 0 Å². The van der Waals surface area contributed by atoms with Crippen LogP contribution in [0.25, 0.3) is 0 Å². The molecular formula is C15H22N2O3S. The first-order valence-electron chi connectivity index (χ1n) is 7.34. The standard InChI is InChI=1S/C15H22N2O3S/c1-3-11-5-8-21-12(11)9-16-14(20)17-7-6-15(4-2,10-17)13(18)19/h5,8H,3-4,6-7,9-10H2,1-2H3,(H,16,20)(H,18,19). The lowest BCUT2D eigenvalue weighted by Crippen LogP contribution is -2.41. The van der Waals surface area contributed by atoms with Crippen molar-refractivity contribution in [3.63, 3.8) is 0 Å². The molecule has 5 nitrogen and oxygen atoms in total. The van der Waals surface area contributed by atoms with Crippen molar-refractivity contribution < 1.29 is 14.7 Å². The minimum absolute atomic E-state index is 0.165. The normalized spacial score (nSPS) is 21.5. The number of hydrogen-bond acceptors (Lipinski definition) is 3. The van der Waals surface area contributed by atoms with Gasteiger partial charge in [-0.25, -0.2) is 4.79 Å². The van der Waals surface area contributed by atoms with Crippen molar-refractivity contribution >= 4 is 23.3 Å². The van der Waals surface area contributed by atoms with E-state index >= 15 is 0 Å². The molecule has 0 spiro atoms. The van der Waals surface area contributed by atoms with Crippen molar-refractivity contribution in [2.45, 2.75) is 39.7 Å². The van der Waals surface area contributed by atoms with E-state index in [1.54, 1.807) is 16.2 Å². The van der Waals surface area contributed by atoms with E-state index in [9.17, 15) is 14.7 Å². The summed E-state index contributed by atoms with van der Waals surface area (Å²) in [5.41, 5.74) is 0.490. The topological polar surface area (TPSA) is 69.6 Å². The summed E-state index contributed by atoms with van der Waals surface area (Å²) in [6, 6.07) is 1.91. The predicted molar refractivity (Wildman–Crippen MR) is 82.5 cm³/mol. The van der Waals surface area contributed by atoms with E-state index in [0.717, 1.165) is 6.42 Å². The van der Waals surface area contributed by atoms with Crippen LogP contribution in [0.2, 0.25) is 0 Å². The van der Waals surface area contributed by atoms with E-state index in [0.29, 0.717) is 32.5 Å². The van der Waals surface area contributed by atoms with Gasteiger partial charge in [0, 0.05) is 18.0 Å². The molecule has 1 aliphatic rings. The van der Waals surface area contributed by atoms with Crippen LogP contribution in [0.5, 0.6) is 0 Å². The van der Waals surface area contributed by atoms with Crippen LogP contribution in [-0.2, 0) is 17.8 Å². The molecule has 1 atom stereocenters. The number of rotatable bonds is 5. The molecule has 2 rings (SSSR count). The third kappa shape index (κ3) is 3.20. The van der Waals surface area contributed by atoms with Crippen LogP contribution >= 0.6 is 11.3 Å². The summed E-state index contributed by atoms with van der Waals surface area (Å²) in [5, 5.41) is 14.3. The Kier molecular flexibility index (Phi) is 4.88. The van der Waals surface area contributed by atoms with Gasteiger partial charge in [0.2, 0.25) is 0 Å². The van der Waals surface area contributed by atoms with Crippen molar-refractivity contribution in [2.75, 3.05) is 13.1 Å².